The lowest BCUT2D eigenvalue weighted by molar-refractivity contribution is -0.759. The number of rotatable bonds is 3. The molecule has 1 aromatic carbocycles. The highest BCUT2D eigenvalue weighted by molar-refractivity contribution is 5.20. The molecule has 0 saturated carbocycles. The maximum Gasteiger partial charge on any atom is 0.296 e. The van der Waals surface area contributed by atoms with Gasteiger partial charge in [-0.25, -0.2) is 0 Å². The van der Waals surface area contributed by atoms with Crippen molar-refractivity contribution in [3.8, 4) is 0 Å². The number of anilines is 1. The molecule has 16 heavy (non-hydrogen) atoms. The van der Waals surface area contributed by atoms with Crippen molar-refractivity contribution < 1.29 is 9.31 Å². The Morgan fingerprint density at radius 2 is 2.06 bits per heavy atom. The molecule has 2 aromatic rings. The quantitative estimate of drug-likeness (QED) is 0.778. The summed E-state index contributed by atoms with van der Waals surface area (Å²) in [5.74, 6) is 0.298. The molecular weight excluding hydrogens is 204 g/mol. The van der Waals surface area contributed by atoms with Crippen LogP contribution in [0.4, 0.5) is 5.88 Å². The highest BCUT2D eigenvalue weighted by Crippen LogP contribution is 2.14. The second kappa shape index (κ2) is 4.22. The van der Waals surface area contributed by atoms with Crippen LogP contribution in [0.5, 0.6) is 0 Å². The normalized spacial score (nSPS) is 12.4. The molecule has 0 radical (unpaired) electrons. The predicted octanol–water partition coefficient (Wildman–Crippen LogP) is 0.873. The zero-order valence-electron chi connectivity index (χ0n) is 9.37. The van der Waals surface area contributed by atoms with Gasteiger partial charge in [-0.2, -0.15) is 0 Å². The van der Waals surface area contributed by atoms with Gasteiger partial charge < -0.3 is 5.73 Å². The van der Waals surface area contributed by atoms with Crippen LogP contribution < -0.4 is 15.5 Å². The lowest BCUT2D eigenvalue weighted by Gasteiger charge is -2.16. The third kappa shape index (κ3) is 1.98. The molecule has 84 valence electrons. The van der Waals surface area contributed by atoms with Crippen LogP contribution in [0.1, 0.15) is 18.5 Å². The summed E-state index contributed by atoms with van der Waals surface area (Å²) in [4.78, 5) is 1.59. The molecular formula is C11H15N4O+. The fourth-order valence-electron chi connectivity index (χ4n) is 1.52. The summed E-state index contributed by atoms with van der Waals surface area (Å²) in [5.41, 5.74) is 6.69. The second-order valence-electron chi connectivity index (χ2n) is 3.69. The monoisotopic (exact) mass is 219 g/mol. The van der Waals surface area contributed by atoms with E-state index in [4.69, 9.17) is 10.3 Å². The van der Waals surface area contributed by atoms with Gasteiger partial charge in [0.05, 0.1) is 11.8 Å². The minimum absolute atomic E-state index is 0.190. The van der Waals surface area contributed by atoms with Crippen molar-refractivity contribution in [3.63, 3.8) is 0 Å². The van der Waals surface area contributed by atoms with Crippen LogP contribution >= 0.6 is 0 Å². The van der Waals surface area contributed by atoms with Crippen LogP contribution in [-0.2, 0) is 0 Å². The topological polar surface area (TPSA) is 59.2 Å². The lowest BCUT2D eigenvalue weighted by atomic mass is 10.1. The fourth-order valence-corrected chi connectivity index (χ4v) is 1.52. The highest BCUT2D eigenvalue weighted by Gasteiger charge is 2.22. The second-order valence-corrected chi connectivity index (χ2v) is 3.69. The molecule has 0 aliphatic heterocycles. The molecule has 0 aliphatic carbocycles. The van der Waals surface area contributed by atoms with Crippen molar-refractivity contribution in [2.45, 2.75) is 13.0 Å². The third-order valence-corrected chi connectivity index (χ3v) is 2.64. The van der Waals surface area contributed by atoms with Crippen molar-refractivity contribution >= 4 is 5.88 Å². The zero-order chi connectivity index (χ0) is 11.5. The number of nitrogen functional groups attached to an aromatic ring is 1. The molecule has 0 amide bonds. The molecule has 1 aromatic heterocycles. The van der Waals surface area contributed by atoms with E-state index in [0.29, 0.717) is 5.88 Å². The van der Waals surface area contributed by atoms with E-state index in [2.05, 4.69) is 24.3 Å². The maximum absolute atomic E-state index is 5.48. The van der Waals surface area contributed by atoms with Gasteiger partial charge in [0.1, 0.15) is 6.04 Å². The number of hydrogen-bond donors (Lipinski definition) is 1. The van der Waals surface area contributed by atoms with Gasteiger partial charge in [-0.05, 0) is 12.5 Å². The van der Waals surface area contributed by atoms with E-state index in [9.17, 15) is 0 Å². The summed E-state index contributed by atoms with van der Waals surface area (Å²) in [6, 6.07) is 10.4. The van der Waals surface area contributed by atoms with Crippen molar-refractivity contribution in [1.82, 2.24) is 5.27 Å². The van der Waals surface area contributed by atoms with E-state index in [1.807, 2.05) is 30.3 Å². The average molecular weight is 219 g/mol. The summed E-state index contributed by atoms with van der Waals surface area (Å²) in [5, 5.41) is 5.74. The van der Waals surface area contributed by atoms with Gasteiger partial charge in [-0.1, -0.05) is 30.3 Å². The van der Waals surface area contributed by atoms with Gasteiger partial charge in [0.25, 0.3) is 12.1 Å². The molecule has 0 saturated heterocycles. The van der Waals surface area contributed by atoms with Gasteiger partial charge in [0.2, 0.25) is 5.27 Å². The van der Waals surface area contributed by atoms with Crippen molar-refractivity contribution in [2.24, 2.45) is 0 Å². The molecule has 0 spiro atoms. The van der Waals surface area contributed by atoms with Crippen LogP contribution in [-0.4, -0.2) is 12.3 Å². The van der Waals surface area contributed by atoms with E-state index in [1.54, 1.807) is 11.0 Å². The van der Waals surface area contributed by atoms with Gasteiger partial charge >= 0.3 is 0 Å². The number of nitrogens with zero attached hydrogens (tertiary/aromatic N) is 3. The highest BCUT2D eigenvalue weighted by atomic mass is 16.5. The van der Waals surface area contributed by atoms with E-state index < -0.39 is 0 Å². The molecule has 0 fully saturated rings. The van der Waals surface area contributed by atoms with Gasteiger partial charge in [0.15, 0.2) is 0 Å². The van der Waals surface area contributed by atoms with Crippen molar-refractivity contribution in [2.75, 3.05) is 17.8 Å². The van der Waals surface area contributed by atoms with Crippen LogP contribution in [0.15, 0.2) is 41.1 Å². The van der Waals surface area contributed by atoms with Gasteiger partial charge in [-0.3, -0.25) is 4.52 Å². The largest absolute Gasteiger partial charge is 0.362 e. The molecule has 2 rings (SSSR count). The molecule has 1 unspecified atom stereocenters. The first kappa shape index (κ1) is 10.5. The molecule has 1 atom stereocenters. The van der Waals surface area contributed by atoms with E-state index in [0.717, 1.165) is 0 Å². The van der Waals surface area contributed by atoms with Gasteiger partial charge in [0, 0.05) is 0 Å². The maximum atomic E-state index is 5.48. The Bertz CT molecular complexity index is 454. The minimum Gasteiger partial charge on any atom is -0.362 e. The van der Waals surface area contributed by atoms with Crippen LogP contribution in [0, 0.1) is 0 Å². The summed E-state index contributed by atoms with van der Waals surface area (Å²) in [7, 11) is 1.93. The van der Waals surface area contributed by atoms with Crippen molar-refractivity contribution in [3.05, 3.63) is 42.1 Å². The number of aromatic nitrogens is 2. The lowest BCUT2D eigenvalue weighted by Crippen LogP contribution is -2.57. The molecule has 5 nitrogen and oxygen atoms in total. The van der Waals surface area contributed by atoms with Gasteiger partial charge in [-0.15, -0.1) is 5.01 Å². The Hall–Kier alpha value is -2.04. The predicted molar refractivity (Wildman–Crippen MR) is 60.1 cm³/mol. The Kier molecular flexibility index (Phi) is 2.76. The summed E-state index contributed by atoms with van der Waals surface area (Å²) < 4.78 is 4.82. The Morgan fingerprint density at radius 1 is 1.38 bits per heavy atom. The average Bonchev–Trinajstić information content (AvgIpc) is 2.75. The smallest absolute Gasteiger partial charge is 0.296 e. The molecule has 0 aliphatic rings. The number of hydrogen-bond acceptors (Lipinski definition) is 4. The molecule has 0 bridgehead atoms. The standard InChI is InChI=1S/C11H15N4O/c1-9(10-6-4-3-5-7-10)14(2)15-8-11(12)16-13-15/h3-9H,12H2,1-2H3/q+1. The SMILES string of the molecule is CC(c1ccccc1)N(C)[n+]1cc(N)on1. The first-order valence-electron chi connectivity index (χ1n) is 5.10. The third-order valence-electron chi connectivity index (χ3n) is 2.64. The van der Waals surface area contributed by atoms with E-state index in [-0.39, 0.29) is 6.04 Å². The van der Waals surface area contributed by atoms with E-state index in [1.165, 1.54) is 5.56 Å². The molecule has 1 heterocycles. The number of nitrogens with two attached hydrogens (primary N) is 1. The Balaban J connectivity index is 2.19. The van der Waals surface area contributed by atoms with Crippen molar-refractivity contribution in [1.29, 1.82) is 0 Å². The Morgan fingerprint density at radius 3 is 2.62 bits per heavy atom. The first-order valence-corrected chi connectivity index (χ1v) is 5.10. The van der Waals surface area contributed by atoms with E-state index >= 15 is 0 Å². The summed E-state index contributed by atoms with van der Waals surface area (Å²) >= 11 is 0. The number of benzene rings is 1. The first-order chi connectivity index (χ1) is 7.68. The molecule has 5 heteroatoms. The summed E-state index contributed by atoms with van der Waals surface area (Å²) in [6.45, 7) is 2.09. The van der Waals surface area contributed by atoms with Crippen LogP contribution in [0.3, 0.4) is 0 Å². The Labute approximate surface area is 94.0 Å². The summed E-state index contributed by atoms with van der Waals surface area (Å²) in [6.07, 6.45) is 1.64. The zero-order valence-corrected chi connectivity index (χ0v) is 9.37. The van der Waals surface area contributed by atoms with Crippen LogP contribution in [0.25, 0.3) is 0 Å². The van der Waals surface area contributed by atoms with Crippen LogP contribution in [0.2, 0.25) is 0 Å². The molecule has 2 N–H and O–H groups in total. The minimum atomic E-state index is 0.190. The fraction of sp³-hybridized carbons (Fsp3) is 0.273.